The number of pyridine rings is 1. The number of nitrogens with zero attached hydrogens (tertiary/aromatic N) is 1. The van der Waals surface area contributed by atoms with Crippen LogP contribution in [0.15, 0.2) is 12.1 Å². The SMILES string of the molecule is CC1(NC(=O)c2cc(Cl)nc(Cl)c2)CCCC1. The van der Waals surface area contributed by atoms with Gasteiger partial charge in [-0.15, -0.1) is 0 Å². The zero-order valence-electron chi connectivity index (χ0n) is 9.59. The fourth-order valence-corrected chi connectivity index (χ4v) is 2.68. The lowest BCUT2D eigenvalue weighted by Crippen LogP contribution is -2.43. The maximum Gasteiger partial charge on any atom is 0.251 e. The average Bonchev–Trinajstić information content (AvgIpc) is 2.63. The Bertz CT molecular complexity index is 422. The van der Waals surface area contributed by atoms with Crippen LogP contribution < -0.4 is 5.32 Å². The molecule has 1 N–H and O–H groups in total. The molecule has 5 heteroatoms. The molecule has 0 radical (unpaired) electrons. The Morgan fingerprint density at radius 1 is 1.29 bits per heavy atom. The first-order chi connectivity index (χ1) is 7.98. The van der Waals surface area contributed by atoms with Crippen LogP contribution in [0.25, 0.3) is 0 Å². The van der Waals surface area contributed by atoms with E-state index in [9.17, 15) is 4.79 Å². The Kier molecular flexibility index (Phi) is 3.59. The van der Waals surface area contributed by atoms with Crippen molar-refractivity contribution in [3.8, 4) is 0 Å². The van der Waals surface area contributed by atoms with E-state index in [2.05, 4.69) is 17.2 Å². The summed E-state index contributed by atoms with van der Waals surface area (Å²) < 4.78 is 0. The normalized spacial score (nSPS) is 18.1. The third-order valence-electron chi connectivity index (χ3n) is 3.15. The minimum Gasteiger partial charge on any atom is -0.347 e. The number of aromatic nitrogens is 1. The highest BCUT2D eigenvalue weighted by molar-refractivity contribution is 6.33. The predicted octanol–water partition coefficient (Wildman–Crippen LogP) is 3.45. The van der Waals surface area contributed by atoms with Gasteiger partial charge in [0, 0.05) is 11.1 Å². The summed E-state index contributed by atoms with van der Waals surface area (Å²) in [5, 5.41) is 3.51. The lowest BCUT2D eigenvalue weighted by atomic mass is 10.0. The molecule has 0 aromatic carbocycles. The van der Waals surface area contributed by atoms with Crippen LogP contribution in [0.5, 0.6) is 0 Å². The van der Waals surface area contributed by atoms with Crippen LogP contribution in [0.4, 0.5) is 0 Å². The summed E-state index contributed by atoms with van der Waals surface area (Å²) in [7, 11) is 0. The first-order valence-electron chi connectivity index (χ1n) is 5.64. The number of amides is 1. The van der Waals surface area contributed by atoms with Crippen LogP contribution in [-0.2, 0) is 0 Å². The Morgan fingerprint density at radius 2 is 1.82 bits per heavy atom. The van der Waals surface area contributed by atoms with Gasteiger partial charge in [0.15, 0.2) is 0 Å². The van der Waals surface area contributed by atoms with Gasteiger partial charge in [-0.05, 0) is 31.9 Å². The van der Waals surface area contributed by atoms with Gasteiger partial charge in [-0.25, -0.2) is 4.98 Å². The van der Waals surface area contributed by atoms with Crippen molar-refractivity contribution < 1.29 is 4.79 Å². The van der Waals surface area contributed by atoms with Crippen molar-refractivity contribution in [2.45, 2.75) is 38.1 Å². The van der Waals surface area contributed by atoms with Gasteiger partial charge >= 0.3 is 0 Å². The van der Waals surface area contributed by atoms with Crippen molar-refractivity contribution >= 4 is 29.1 Å². The van der Waals surface area contributed by atoms with E-state index in [0.29, 0.717) is 5.56 Å². The number of rotatable bonds is 2. The average molecular weight is 273 g/mol. The van der Waals surface area contributed by atoms with E-state index in [4.69, 9.17) is 23.2 Å². The topological polar surface area (TPSA) is 42.0 Å². The predicted molar refractivity (Wildman–Crippen MR) is 68.6 cm³/mol. The molecule has 1 heterocycles. The molecule has 0 saturated heterocycles. The van der Waals surface area contributed by atoms with Crippen LogP contribution in [-0.4, -0.2) is 16.4 Å². The monoisotopic (exact) mass is 272 g/mol. The van der Waals surface area contributed by atoms with E-state index in [1.807, 2.05) is 0 Å². The minimum absolute atomic E-state index is 0.0979. The Hall–Kier alpha value is -0.800. The largest absolute Gasteiger partial charge is 0.347 e. The van der Waals surface area contributed by atoms with E-state index in [1.54, 1.807) is 0 Å². The van der Waals surface area contributed by atoms with Gasteiger partial charge < -0.3 is 5.32 Å². The lowest BCUT2D eigenvalue weighted by molar-refractivity contribution is 0.0908. The van der Waals surface area contributed by atoms with Crippen molar-refractivity contribution in [1.82, 2.24) is 10.3 Å². The highest BCUT2D eigenvalue weighted by Gasteiger charge is 2.30. The minimum atomic E-state index is -0.138. The van der Waals surface area contributed by atoms with Gasteiger partial charge in [-0.2, -0.15) is 0 Å². The summed E-state index contributed by atoms with van der Waals surface area (Å²) in [5.41, 5.74) is 0.363. The first-order valence-corrected chi connectivity index (χ1v) is 6.40. The van der Waals surface area contributed by atoms with Gasteiger partial charge in [0.05, 0.1) is 0 Å². The van der Waals surface area contributed by atoms with Crippen LogP contribution in [0.1, 0.15) is 43.0 Å². The molecule has 92 valence electrons. The van der Waals surface area contributed by atoms with Gasteiger partial charge in [0.25, 0.3) is 5.91 Å². The maximum atomic E-state index is 12.1. The number of halogens is 2. The summed E-state index contributed by atoms with van der Waals surface area (Å²) in [4.78, 5) is 15.9. The quantitative estimate of drug-likeness (QED) is 0.838. The standard InChI is InChI=1S/C12H14Cl2N2O/c1-12(4-2-3-5-12)16-11(17)8-6-9(13)15-10(14)7-8/h6-7H,2-5H2,1H3,(H,16,17). The first kappa shape index (κ1) is 12.7. The number of carbonyl (C=O) groups excluding carboxylic acids is 1. The highest BCUT2D eigenvalue weighted by atomic mass is 35.5. The molecule has 1 aromatic heterocycles. The van der Waals surface area contributed by atoms with Gasteiger partial charge in [0.2, 0.25) is 0 Å². The van der Waals surface area contributed by atoms with Crippen molar-refractivity contribution in [2.24, 2.45) is 0 Å². The third-order valence-corrected chi connectivity index (χ3v) is 3.53. The number of carbonyl (C=O) groups is 1. The Labute approximate surface area is 111 Å². The van der Waals surface area contributed by atoms with Crippen molar-refractivity contribution in [3.63, 3.8) is 0 Å². The van der Waals surface area contributed by atoms with Crippen molar-refractivity contribution in [2.75, 3.05) is 0 Å². The number of nitrogens with one attached hydrogen (secondary N) is 1. The molecule has 0 aliphatic heterocycles. The summed E-state index contributed by atoms with van der Waals surface area (Å²) in [6.45, 7) is 2.07. The summed E-state index contributed by atoms with van der Waals surface area (Å²) in [6, 6.07) is 3.06. The molecular formula is C12H14Cl2N2O. The van der Waals surface area contributed by atoms with Crippen molar-refractivity contribution in [3.05, 3.63) is 28.0 Å². The summed E-state index contributed by atoms with van der Waals surface area (Å²) in [6.07, 6.45) is 4.36. The molecule has 1 aromatic rings. The molecule has 1 aliphatic rings. The van der Waals surface area contributed by atoms with Crippen LogP contribution in [0.3, 0.4) is 0 Å². The molecule has 1 amide bonds. The molecule has 17 heavy (non-hydrogen) atoms. The fourth-order valence-electron chi connectivity index (χ4n) is 2.22. The summed E-state index contributed by atoms with van der Waals surface area (Å²) in [5.74, 6) is -0.138. The van der Waals surface area contributed by atoms with Crippen molar-refractivity contribution in [1.29, 1.82) is 0 Å². The Balaban J connectivity index is 2.14. The lowest BCUT2D eigenvalue weighted by Gasteiger charge is -2.25. The Morgan fingerprint density at radius 3 is 2.35 bits per heavy atom. The molecule has 0 spiro atoms. The van der Waals surface area contributed by atoms with Crippen LogP contribution in [0.2, 0.25) is 10.3 Å². The van der Waals surface area contributed by atoms with E-state index in [1.165, 1.54) is 12.1 Å². The number of hydrogen-bond donors (Lipinski definition) is 1. The number of hydrogen-bond acceptors (Lipinski definition) is 2. The molecule has 0 bridgehead atoms. The van der Waals surface area contributed by atoms with Gasteiger partial charge in [-0.3, -0.25) is 4.79 Å². The van der Waals surface area contributed by atoms with E-state index < -0.39 is 0 Å². The zero-order valence-corrected chi connectivity index (χ0v) is 11.1. The molecule has 1 aliphatic carbocycles. The van der Waals surface area contributed by atoms with E-state index in [-0.39, 0.29) is 21.8 Å². The second kappa shape index (κ2) is 4.83. The molecular weight excluding hydrogens is 259 g/mol. The zero-order chi connectivity index (χ0) is 12.5. The van der Waals surface area contributed by atoms with E-state index in [0.717, 1.165) is 25.7 Å². The smallest absolute Gasteiger partial charge is 0.251 e. The fraction of sp³-hybridized carbons (Fsp3) is 0.500. The van der Waals surface area contributed by atoms with E-state index >= 15 is 0 Å². The molecule has 1 saturated carbocycles. The second-order valence-electron chi connectivity index (χ2n) is 4.72. The van der Waals surface area contributed by atoms with Gasteiger partial charge in [-0.1, -0.05) is 36.0 Å². The van der Waals surface area contributed by atoms with Crippen LogP contribution in [0, 0.1) is 0 Å². The summed E-state index contributed by atoms with van der Waals surface area (Å²) >= 11 is 11.5. The highest BCUT2D eigenvalue weighted by Crippen LogP contribution is 2.29. The molecule has 0 atom stereocenters. The van der Waals surface area contributed by atoms with Crippen LogP contribution >= 0.6 is 23.2 Å². The molecule has 0 unspecified atom stereocenters. The maximum absolute atomic E-state index is 12.1. The third kappa shape index (κ3) is 3.11. The second-order valence-corrected chi connectivity index (χ2v) is 5.50. The molecule has 2 rings (SSSR count). The molecule has 3 nitrogen and oxygen atoms in total. The van der Waals surface area contributed by atoms with Gasteiger partial charge in [0.1, 0.15) is 10.3 Å². The molecule has 1 fully saturated rings.